The van der Waals surface area contributed by atoms with Crippen molar-refractivity contribution in [3.05, 3.63) is 0 Å². The maximum Gasteiger partial charge on any atom is 0.326 e. The molecule has 4 nitrogen and oxygen atoms in total. The molecule has 1 rings (SSSR count). The number of carboxylic acid groups (broad SMARTS) is 1. The van der Waals surface area contributed by atoms with Gasteiger partial charge in [-0.1, -0.05) is 20.8 Å². The topological polar surface area (TPSA) is 58.6 Å². The molecule has 0 aromatic rings. The Morgan fingerprint density at radius 2 is 2.05 bits per heavy atom. The smallest absolute Gasteiger partial charge is 0.326 e. The highest BCUT2D eigenvalue weighted by Crippen LogP contribution is 2.39. The van der Waals surface area contributed by atoms with Crippen molar-refractivity contribution in [3.8, 4) is 0 Å². The Balaban J connectivity index is 2.61. The van der Waals surface area contributed by atoms with E-state index in [1.165, 1.54) is 6.42 Å². The molecule has 1 aliphatic carbocycles. The van der Waals surface area contributed by atoms with Gasteiger partial charge in [-0.2, -0.15) is 0 Å². The van der Waals surface area contributed by atoms with Crippen LogP contribution in [-0.4, -0.2) is 35.4 Å². The van der Waals surface area contributed by atoms with Gasteiger partial charge in [-0.3, -0.25) is 10.1 Å². The predicted molar refractivity (Wildman–Crippen MR) is 80.8 cm³/mol. The molecule has 118 valence electrons. The highest BCUT2D eigenvalue weighted by atomic mass is 16.5. The first-order valence-electron chi connectivity index (χ1n) is 7.67. The summed E-state index contributed by atoms with van der Waals surface area (Å²) in [4.78, 5) is 11.5. The summed E-state index contributed by atoms with van der Waals surface area (Å²) in [5.41, 5.74) is -0.730. The third kappa shape index (κ3) is 5.06. The lowest BCUT2D eigenvalue weighted by atomic mass is 9.71. The van der Waals surface area contributed by atoms with Crippen LogP contribution in [0, 0.1) is 11.3 Å². The summed E-state index contributed by atoms with van der Waals surface area (Å²) < 4.78 is 5.97. The van der Waals surface area contributed by atoms with Crippen LogP contribution in [0.4, 0.5) is 0 Å². The number of carboxylic acids is 1. The zero-order valence-corrected chi connectivity index (χ0v) is 13.8. The second-order valence-corrected chi connectivity index (χ2v) is 7.78. The van der Waals surface area contributed by atoms with Gasteiger partial charge in [-0.05, 0) is 51.4 Å². The molecule has 1 aliphatic rings. The molecule has 3 unspecified atom stereocenters. The van der Waals surface area contributed by atoms with Gasteiger partial charge in [0.2, 0.25) is 0 Å². The monoisotopic (exact) mass is 285 g/mol. The molecule has 4 heteroatoms. The lowest BCUT2D eigenvalue weighted by Crippen LogP contribution is -2.56. The first-order chi connectivity index (χ1) is 9.04. The van der Waals surface area contributed by atoms with Crippen LogP contribution in [0.1, 0.15) is 60.8 Å². The molecule has 1 saturated carbocycles. The average Bonchev–Trinajstić information content (AvgIpc) is 2.22. The van der Waals surface area contributed by atoms with Crippen molar-refractivity contribution >= 4 is 5.97 Å². The molecule has 3 atom stereocenters. The van der Waals surface area contributed by atoms with Crippen molar-refractivity contribution in [2.24, 2.45) is 11.3 Å². The molecule has 0 saturated heterocycles. The summed E-state index contributed by atoms with van der Waals surface area (Å²) in [6, 6.07) is 0.112. The maximum atomic E-state index is 11.5. The van der Waals surface area contributed by atoms with Gasteiger partial charge < -0.3 is 9.84 Å². The molecule has 2 N–H and O–H groups in total. The van der Waals surface area contributed by atoms with Gasteiger partial charge in [0.15, 0.2) is 0 Å². The zero-order valence-electron chi connectivity index (χ0n) is 13.8. The van der Waals surface area contributed by atoms with Crippen LogP contribution in [0.25, 0.3) is 0 Å². The minimum Gasteiger partial charge on any atom is -0.480 e. The fraction of sp³-hybridized carbons (Fsp3) is 0.938. The maximum absolute atomic E-state index is 11.5. The SMILES string of the molecule is CC1CC(OCC(C)(NC(C)C)C(=O)O)CC(C)(C)C1. The third-order valence-corrected chi connectivity index (χ3v) is 4.03. The Morgan fingerprint density at radius 1 is 1.45 bits per heavy atom. The molecule has 0 heterocycles. The Bertz CT molecular complexity index is 341. The van der Waals surface area contributed by atoms with E-state index in [2.05, 4.69) is 26.1 Å². The largest absolute Gasteiger partial charge is 0.480 e. The molecule has 1 fully saturated rings. The first kappa shape index (κ1) is 17.4. The van der Waals surface area contributed by atoms with Crippen LogP contribution in [0.5, 0.6) is 0 Å². The van der Waals surface area contributed by atoms with Crippen LogP contribution in [0.2, 0.25) is 0 Å². The summed E-state index contributed by atoms with van der Waals surface area (Å²) >= 11 is 0. The third-order valence-electron chi connectivity index (χ3n) is 4.03. The lowest BCUT2D eigenvalue weighted by molar-refractivity contribution is -0.149. The second kappa shape index (κ2) is 6.44. The Labute approximate surface area is 123 Å². The van der Waals surface area contributed by atoms with Crippen molar-refractivity contribution in [1.82, 2.24) is 5.32 Å². The number of ether oxygens (including phenoxy) is 1. The number of aliphatic carboxylic acids is 1. The van der Waals surface area contributed by atoms with Gasteiger partial charge in [-0.15, -0.1) is 0 Å². The first-order valence-corrected chi connectivity index (χ1v) is 7.67. The minimum absolute atomic E-state index is 0.112. The molecular formula is C16H31NO3. The van der Waals surface area contributed by atoms with Crippen molar-refractivity contribution in [2.45, 2.75) is 78.5 Å². The van der Waals surface area contributed by atoms with E-state index in [4.69, 9.17) is 4.74 Å². The number of hydrogen-bond acceptors (Lipinski definition) is 3. The number of rotatable bonds is 6. The van der Waals surface area contributed by atoms with E-state index < -0.39 is 11.5 Å². The molecule has 0 bridgehead atoms. The Morgan fingerprint density at radius 3 is 2.50 bits per heavy atom. The van der Waals surface area contributed by atoms with Gasteiger partial charge >= 0.3 is 5.97 Å². The number of carbonyl (C=O) groups is 1. The fourth-order valence-electron chi connectivity index (χ4n) is 3.47. The van der Waals surface area contributed by atoms with E-state index in [9.17, 15) is 9.90 Å². The Kier molecular flexibility index (Phi) is 5.61. The fourth-order valence-corrected chi connectivity index (χ4v) is 3.47. The summed E-state index contributed by atoms with van der Waals surface area (Å²) in [5, 5.41) is 12.5. The summed E-state index contributed by atoms with van der Waals surface area (Å²) in [6.45, 7) is 12.6. The van der Waals surface area contributed by atoms with Crippen LogP contribution in [0.3, 0.4) is 0 Å². The lowest BCUT2D eigenvalue weighted by Gasteiger charge is -2.40. The van der Waals surface area contributed by atoms with Crippen molar-refractivity contribution in [3.63, 3.8) is 0 Å². The molecular weight excluding hydrogens is 254 g/mol. The van der Waals surface area contributed by atoms with Crippen LogP contribution in [0.15, 0.2) is 0 Å². The highest BCUT2D eigenvalue weighted by Gasteiger charge is 2.37. The van der Waals surface area contributed by atoms with E-state index >= 15 is 0 Å². The van der Waals surface area contributed by atoms with Gasteiger partial charge in [0, 0.05) is 6.04 Å². The van der Waals surface area contributed by atoms with E-state index in [1.807, 2.05) is 13.8 Å². The standard InChI is InChI=1S/C16H31NO3/c1-11(2)17-16(6,14(18)19)10-20-13-7-12(3)8-15(4,5)9-13/h11-13,17H,7-10H2,1-6H3,(H,18,19). The number of nitrogens with one attached hydrogen (secondary N) is 1. The normalized spacial score (nSPS) is 29.1. The van der Waals surface area contributed by atoms with Gasteiger partial charge in [0.25, 0.3) is 0 Å². The van der Waals surface area contributed by atoms with E-state index in [1.54, 1.807) is 6.92 Å². The quantitative estimate of drug-likeness (QED) is 0.787. The molecule has 0 aromatic carbocycles. The number of hydrogen-bond donors (Lipinski definition) is 2. The predicted octanol–water partition coefficient (Wildman–Crippen LogP) is 3.06. The van der Waals surface area contributed by atoms with Gasteiger partial charge in [0.05, 0.1) is 12.7 Å². The second-order valence-electron chi connectivity index (χ2n) is 7.78. The van der Waals surface area contributed by atoms with Crippen LogP contribution < -0.4 is 5.32 Å². The summed E-state index contributed by atoms with van der Waals surface area (Å²) in [5.74, 6) is -0.216. The van der Waals surface area contributed by atoms with E-state index in [0.29, 0.717) is 5.92 Å². The Hall–Kier alpha value is -0.610. The summed E-state index contributed by atoms with van der Waals surface area (Å²) in [6.07, 6.45) is 3.42. The molecule has 0 spiro atoms. The minimum atomic E-state index is -1.01. The zero-order chi connectivity index (χ0) is 15.6. The summed E-state index contributed by atoms with van der Waals surface area (Å²) in [7, 11) is 0. The van der Waals surface area contributed by atoms with E-state index in [-0.39, 0.29) is 24.2 Å². The van der Waals surface area contributed by atoms with Crippen molar-refractivity contribution in [2.75, 3.05) is 6.61 Å². The molecule has 20 heavy (non-hydrogen) atoms. The van der Waals surface area contributed by atoms with Crippen LogP contribution in [-0.2, 0) is 9.53 Å². The molecule has 0 amide bonds. The van der Waals surface area contributed by atoms with E-state index in [0.717, 1.165) is 12.8 Å². The molecule has 0 radical (unpaired) electrons. The van der Waals surface area contributed by atoms with Gasteiger partial charge in [-0.25, -0.2) is 0 Å². The van der Waals surface area contributed by atoms with Crippen molar-refractivity contribution < 1.29 is 14.6 Å². The molecule has 0 aliphatic heterocycles. The average molecular weight is 285 g/mol. The van der Waals surface area contributed by atoms with Crippen molar-refractivity contribution in [1.29, 1.82) is 0 Å². The van der Waals surface area contributed by atoms with Crippen LogP contribution >= 0.6 is 0 Å². The molecule has 0 aromatic heterocycles. The highest BCUT2D eigenvalue weighted by molar-refractivity contribution is 5.78. The van der Waals surface area contributed by atoms with Gasteiger partial charge in [0.1, 0.15) is 5.54 Å².